The highest BCUT2D eigenvalue weighted by Gasteiger charge is 2.37. The van der Waals surface area contributed by atoms with Gasteiger partial charge in [-0.25, -0.2) is 0 Å². The Hall–Kier alpha value is -4.02. The predicted octanol–water partition coefficient (Wildman–Crippen LogP) is 3.13. The molecule has 2 heterocycles. The summed E-state index contributed by atoms with van der Waals surface area (Å²) in [5, 5.41) is 0.347. The van der Waals surface area contributed by atoms with Gasteiger partial charge in [0.05, 0.1) is 28.4 Å². The van der Waals surface area contributed by atoms with Crippen molar-refractivity contribution in [2.45, 2.75) is 4.90 Å². The van der Waals surface area contributed by atoms with Gasteiger partial charge in [-0.05, 0) is 36.4 Å². The summed E-state index contributed by atoms with van der Waals surface area (Å²) < 4.78 is 34.5. The number of para-hydroxylation sites is 1. The largest absolute Gasteiger partial charge is 0.462 e. The lowest BCUT2D eigenvalue weighted by Gasteiger charge is -2.25. The van der Waals surface area contributed by atoms with Crippen LogP contribution in [0.1, 0.15) is 26.3 Å². The minimum absolute atomic E-state index is 0.0142. The highest BCUT2D eigenvalue weighted by Crippen LogP contribution is 2.33. The second-order valence-corrected chi connectivity index (χ2v) is 9.93. The Balaban J connectivity index is 1.33. The van der Waals surface area contributed by atoms with Gasteiger partial charge in [0.15, 0.2) is 5.84 Å². The van der Waals surface area contributed by atoms with Crippen LogP contribution in [0.4, 0.5) is 5.69 Å². The van der Waals surface area contributed by atoms with Crippen LogP contribution < -0.4 is 4.90 Å². The zero-order chi connectivity index (χ0) is 25.4. The zero-order valence-electron chi connectivity index (χ0n) is 18.6. The minimum atomic E-state index is -3.90. The van der Waals surface area contributed by atoms with Gasteiger partial charge >= 0.3 is 5.97 Å². The zero-order valence-corrected chi connectivity index (χ0v) is 20.2. The molecule has 0 aliphatic carbocycles. The summed E-state index contributed by atoms with van der Waals surface area (Å²) >= 11 is 6.39. The predicted molar refractivity (Wildman–Crippen MR) is 132 cm³/mol. The summed E-state index contributed by atoms with van der Waals surface area (Å²) in [5.41, 5.74) is 1.34. The van der Waals surface area contributed by atoms with Gasteiger partial charge in [-0.1, -0.05) is 48.0 Å². The summed E-state index contributed by atoms with van der Waals surface area (Å²) in [5.74, 6) is -1.76. The molecule has 0 bridgehead atoms. The van der Waals surface area contributed by atoms with Crippen molar-refractivity contribution in [2.24, 2.45) is 4.40 Å². The van der Waals surface area contributed by atoms with Crippen LogP contribution in [-0.2, 0) is 19.6 Å². The van der Waals surface area contributed by atoms with Crippen LogP contribution in [-0.4, -0.2) is 56.6 Å². The second-order valence-electron chi connectivity index (χ2n) is 7.95. The van der Waals surface area contributed by atoms with Crippen molar-refractivity contribution in [1.29, 1.82) is 0 Å². The first kappa shape index (κ1) is 23.7. The van der Waals surface area contributed by atoms with E-state index in [0.29, 0.717) is 16.3 Å². The third kappa shape index (κ3) is 4.14. The molecule has 0 fully saturated rings. The highest BCUT2D eigenvalue weighted by molar-refractivity contribution is 7.90. The lowest BCUT2D eigenvalue weighted by molar-refractivity contribution is -0.143. The maximum absolute atomic E-state index is 12.6. The molecular formula is C25H18ClN3O6S. The maximum atomic E-state index is 12.6. The Kier molecular flexibility index (Phi) is 6.07. The topological polar surface area (TPSA) is 113 Å². The van der Waals surface area contributed by atoms with Gasteiger partial charge in [0, 0.05) is 5.56 Å². The molecule has 36 heavy (non-hydrogen) atoms. The number of hydrogen-bond acceptors (Lipinski definition) is 7. The first-order valence-corrected chi connectivity index (χ1v) is 12.7. The van der Waals surface area contributed by atoms with Crippen molar-refractivity contribution >= 4 is 50.9 Å². The van der Waals surface area contributed by atoms with Gasteiger partial charge in [-0.15, -0.1) is 4.40 Å². The van der Waals surface area contributed by atoms with Crippen LogP contribution in [0.5, 0.6) is 0 Å². The number of benzene rings is 3. The van der Waals surface area contributed by atoms with Crippen LogP contribution in [0.15, 0.2) is 82.1 Å². The summed E-state index contributed by atoms with van der Waals surface area (Å²) in [6.45, 7) is -0.717. The Bertz CT molecular complexity index is 1520. The number of imide groups is 1. The average molecular weight is 524 g/mol. The second kappa shape index (κ2) is 9.21. The molecule has 0 radical (unpaired) electrons. The molecule has 11 heteroatoms. The van der Waals surface area contributed by atoms with Crippen LogP contribution in [0, 0.1) is 0 Å². The smallest absolute Gasteiger partial charge is 0.326 e. The van der Waals surface area contributed by atoms with Crippen molar-refractivity contribution < 1.29 is 27.5 Å². The summed E-state index contributed by atoms with van der Waals surface area (Å²) in [6.07, 6.45) is 0. The van der Waals surface area contributed by atoms with Crippen LogP contribution in [0.3, 0.4) is 0 Å². The SMILES string of the molecule is O=C(CN1C(=O)c2ccccc2C1=O)OCCN(C1=NS(=O)(=O)c2ccccc21)c1ccccc1Cl. The highest BCUT2D eigenvalue weighted by atomic mass is 35.5. The first-order valence-electron chi connectivity index (χ1n) is 10.9. The van der Waals surface area contributed by atoms with Crippen molar-refractivity contribution in [3.8, 4) is 0 Å². The lowest BCUT2D eigenvalue weighted by Crippen LogP contribution is -2.38. The van der Waals surface area contributed by atoms with E-state index in [0.717, 1.165) is 4.90 Å². The summed E-state index contributed by atoms with van der Waals surface area (Å²) in [7, 11) is -3.90. The number of hydrogen-bond donors (Lipinski definition) is 0. The molecule has 3 aromatic rings. The van der Waals surface area contributed by atoms with E-state index in [1.807, 2.05) is 0 Å². The molecule has 0 unspecified atom stereocenters. The lowest BCUT2D eigenvalue weighted by atomic mass is 10.1. The Morgan fingerprint density at radius 2 is 1.47 bits per heavy atom. The van der Waals surface area contributed by atoms with Crippen LogP contribution in [0.2, 0.25) is 5.02 Å². The van der Waals surface area contributed by atoms with E-state index in [4.69, 9.17) is 16.3 Å². The number of sulfonamides is 1. The molecule has 0 N–H and O–H groups in total. The van der Waals surface area contributed by atoms with Gasteiger partial charge in [0.2, 0.25) is 0 Å². The molecule has 0 saturated heterocycles. The molecule has 2 aliphatic heterocycles. The number of amides is 2. The molecule has 0 saturated carbocycles. The van der Waals surface area contributed by atoms with Gasteiger partial charge < -0.3 is 9.64 Å². The van der Waals surface area contributed by atoms with Crippen molar-refractivity contribution in [3.63, 3.8) is 0 Å². The quantitative estimate of drug-likeness (QED) is 0.360. The number of amidine groups is 1. The molecule has 182 valence electrons. The molecule has 5 rings (SSSR count). The molecule has 3 aromatic carbocycles. The van der Waals surface area contributed by atoms with E-state index < -0.39 is 34.4 Å². The molecule has 2 amide bonds. The fraction of sp³-hybridized carbons (Fsp3) is 0.120. The Morgan fingerprint density at radius 3 is 2.14 bits per heavy atom. The molecule has 9 nitrogen and oxygen atoms in total. The van der Waals surface area contributed by atoms with E-state index in [9.17, 15) is 22.8 Å². The van der Waals surface area contributed by atoms with E-state index in [1.54, 1.807) is 59.5 Å². The number of ether oxygens (including phenoxy) is 1. The minimum Gasteiger partial charge on any atom is -0.462 e. The fourth-order valence-electron chi connectivity index (χ4n) is 4.10. The maximum Gasteiger partial charge on any atom is 0.326 e. The molecule has 2 aliphatic rings. The third-order valence-corrected chi connectivity index (χ3v) is 7.40. The number of nitrogens with zero attached hydrogens (tertiary/aromatic N) is 3. The number of carbonyl (C=O) groups is 3. The number of carbonyl (C=O) groups excluding carboxylic acids is 3. The monoisotopic (exact) mass is 523 g/mol. The van der Waals surface area contributed by atoms with Crippen LogP contribution in [0.25, 0.3) is 0 Å². The molecule has 0 atom stereocenters. The van der Waals surface area contributed by atoms with Gasteiger partial charge in [-0.2, -0.15) is 8.42 Å². The Labute approximate surface area is 211 Å². The van der Waals surface area contributed by atoms with Crippen LogP contribution >= 0.6 is 11.6 Å². The van der Waals surface area contributed by atoms with Crippen molar-refractivity contribution in [1.82, 2.24) is 4.90 Å². The average Bonchev–Trinajstić information content (AvgIpc) is 3.28. The van der Waals surface area contributed by atoms with E-state index in [1.165, 1.54) is 18.2 Å². The number of rotatable bonds is 6. The normalized spacial score (nSPS) is 15.4. The van der Waals surface area contributed by atoms with E-state index in [-0.39, 0.29) is 35.0 Å². The Morgan fingerprint density at radius 1 is 0.889 bits per heavy atom. The fourth-order valence-corrected chi connectivity index (χ4v) is 5.55. The van der Waals surface area contributed by atoms with Gasteiger partial charge in [0.1, 0.15) is 18.0 Å². The summed E-state index contributed by atoms with van der Waals surface area (Å²) in [6, 6.07) is 19.5. The van der Waals surface area contributed by atoms with E-state index in [2.05, 4.69) is 4.40 Å². The number of esters is 1. The standard InChI is InChI=1S/C25H18ClN3O6S/c26-19-10-4-5-11-20(19)28(23-18-9-3-6-12-21(18)36(33,34)27-23)13-14-35-22(30)15-29-24(31)16-7-1-2-8-17(16)25(29)32/h1-12H,13-15H2. The summed E-state index contributed by atoms with van der Waals surface area (Å²) in [4.78, 5) is 40.0. The number of anilines is 1. The number of halogens is 1. The third-order valence-electron chi connectivity index (χ3n) is 5.75. The van der Waals surface area contributed by atoms with Gasteiger partial charge in [-0.3, -0.25) is 19.3 Å². The molecule has 0 aromatic heterocycles. The van der Waals surface area contributed by atoms with Crippen molar-refractivity contribution in [3.05, 3.63) is 94.5 Å². The molecule has 0 spiro atoms. The van der Waals surface area contributed by atoms with E-state index >= 15 is 0 Å². The number of fused-ring (bicyclic) bond motifs is 2. The van der Waals surface area contributed by atoms with Gasteiger partial charge in [0.25, 0.3) is 21.8 Å². The molecular weight excluding hydrogens is 506 g/mol. The first-order chi connectivity index (χ1) is 17.3. The van der Waals surface area contributed by atoms with Crippen molar-refractivity contribution in [2.75, 3.05) is 24.6 Å².